The van der Waals surface area contributed by atoms with Crippen LogP contribution < -0.4 is 0 Å². The highest BCUT2D eigenvalue weighted by molar-refractivity contribution is 5.85. The number of amides is 1. The predicted molar refractivity (Wildman–Crippen MR) is 60.3 cm³/mol. The topological polar surface area (TPSA) is 77.8 Å². The second-order valence-corrected chi connectivity index (χ2v) is 5.06. The van der Waals surface area contributed by atoms with E-state index in [9.17, 15) is 14.7 Å². The quantitative estimate of drug-likeness (QED) is 0.736. The molecular formula is C12H19NO4. The Morgan fingerprint density at radius 3 is 2.41 bits per heavy atom. The Kier molecular flexibility index (Phi) is 3.66. The Balaban J connectivity index is 2.01. The number of aliphatic hydroxyl groups is 1. The minimum absolute atomic E-state index is 0.0753. The number of carboxylic acid groups (broad SMARTS) is 1. The van der Waals surface area contributed by atoms with Crippen molar-refractivity contribution in [2.45, 2.75) is 38.2 Å². The molecule has 3 atom stereocenters. The summed E-state index contributed by atoms with van der Waals surface area (Å²) in [6.07, 6.45) is 3.17. The molecule has 2 aliphatic rings. The van der Waals surface area contributed by atoms with Crippen LogP contribution in [-0.4, -0.2) is 46.2 Å². The van der Waals surface area contributed by atoms with Crippen molar-refractivity contribution in [1.82, 2.24) is 4.90 Å². The Morgan fingerprint density at radius 2 is 1.76 bits per heavy atom. The molecule has 3 unspecified atom stereocenters. The number of aliphatic carboxylic acids is 1. The number of likely N-dealkylation sites (tertiary alicyclic amines) is 1. The van der Waals surface area contributed by atoms with E-state index in [4.69, 9.17) is 5.11 Å². The van der Waals surface area contributed by atoms with E-state index >= 15 is 0 Å². The van der Waals surface area contributed by atoms with E-state index in [-0.39, 0.29) is 11.8 Å². The number of carboxylic acids is 1. The van der Waals surface area contributed by atoms with Gasteiger partial charge in [0, 0.05) is 13.1 Å². The molecule has 17 heavy (non-hydrogen) atoms. The number of hydrogen-bond acceptors (Lipinski definition) is 3. The summed E-state index contributed by atoms with van der Waals surface area (Å²) in [5, 5.41) is 18.6. The van der Waals surface area contributed by atoms with Crippen molar-refractivity contribution < 1.29 is 19.8 Å². The molecule has 1 aliphatic heterocycles. The van der Waals surface area contributed by atoms with E-state index in [1.54, 1.807) is 4.90 Å². The molecule has 5 nitrogen and oxygen atoms in total. The summed E-state index contributed by atoms with van der Waals surface area (Å²) in [5.41, 5.74) is 0. The average molecular weight is 241 g/mol. The van der Waals surface area contributed by atoms with Crippen LogP contribution in [-0.2, 0) is 9.59 Å². The van der Waals surface area contributed by atoms with Gasteiger partial charge in [0.15, 0.2) is 0 Å². The molecule has 0 aromatic carbocycles. The molecule has 0 bridgehead atoms. The standard InChI is InChI=1S/C12H19NO4/c14-8-3-2-6-13(7-8)11(15)9-4-1-5-10(9)12(16)17/h8-10,14H,1-7H2,(H,16,17). The SMILES string of the molecule is O=C(O)C1CCCC1C(=O)N1CCCC(O)C1. The zero-order valence-corrected chi connectivity index (χ0v) is 9.84. The van der Waals surface area contributed by atoms with E-state index < -0.39 is 18.0 Å². The number of hydrogen-bond donors (Lipinski definition) is 2. The number of rotatable bonds is 2. The van der Waals surface area contributed by atoms with E-state index in [1.165, 1.54) is 0 Å². The average Bonchev–Trinajstić information content (AvgIpc) is 2.77. The molecule has 0 aromatic rings. The molecule has 0 radical (unpaired) electrons. The van der Waals surface area contributed by atoms with E-state index in [0.717, 1.165) is 19.3 Å². The molecule has 1 saturated heterocycles. The molecule has 96 valence electrons. The molecule has 0 spiro atoms. The summed E-state index contributed by atoms with van der Waals surface area (Å²) in [7, 11) is 0. The largest absolute Gasteiger partial charge is 0.481 e. The second kappa shape index (κ2) is 5.04. The van der Waals surface area contributed by atoms with Crippen LogP contribution in [0.4, 0.5) is 0 Å². The van der Waals surface area contributed by atoms with Crippen LogP contribution in [0.1, 0.15) is 32.1 Å². The zero-order chi connectivity index (χ0) is 12.4. The predicted octanol–water partition coefficient (Wildman–Crippen LogP) is 0.471. The van der Waals surface area contributed by atoms with Crippen LogP contribution in [0.25, 0.3) is 0 Å². The van der Waals surface area contributed by atoms with Crippen molar-refractivity contribution in [1.29, 1.82) is 0 Å². The molecule has 0 aromatic heterocycles. The van der Waals surface area contributed by atoms with Gasteiger partial charge in [-0.1, -0.05) is 6.42 Å². The van der Waals surface area contributed by atoms with Crippen LogP contribution in [0.3, 0.4) is 0 Å². The lowest BCUT2D eigenvalue weighted by molar-refractivity contribution is -0.150. The Hall–Kier alpha value is -1.10. The molecule has 5 heteroatoms. The Labute approximate surface area is 100 Å². The lowest BCUT2D eigenvalue weighted by Crippen LogP contribution is -2.46. The molecule has 1 aliphatic carbocycles. The maximum Gasteiger partial charge on any atom is 0.307 e. The summed E-state index contributed by atoms with van der Waals surface area (Å²) >= 11 is 0. The monoisotopic (exact) mass is 241 g/mol. The number of aliphatic hydroxyl groups excluding tert-OH is 1. The molecule has 1 amide bonds. The van der Waals surface area contributed by atoms with Gasteiger partial charge in [-0.05, 0) is 25.7 Å². The molecule has 2 rings (SSSR count). The van der Waals surface area contributed by atoms with E-state index in [0.29, 0.717) is 25.9 Å². The Morgan fingerprint density at radius 1 is 1.06 bits per heavy atom. The fraction of sp³-hybridized carbons (Fsp3) is 0.833. The summed E-state index contributed by atoms with van der Waals surface area (Å²) in [6.45, 7) is 1.01. The number of carbonyl (C=O) groups excluding carboxylic acids is 1. The first-order valence-corrected chi connectivity index (χ1v) is 6.29. The van der Waals surface area contributed by atoms with Crippen LogP contribution in [0.15, 0.2) is 0 Å². The van der Waals surface area contributed by atoms with Gasteiger partial charge in [0.05, 0.1) is 17.9 Å². The molecule has 1 heterocycles. The smallest absolute Gasteiger partial charge is 0.307 e. The van der Waals surface area contributed by atoms with Crippen molar-refractivity contribution in [2.75, 3.05) is 13.1 Å². The molecule has 1 saturated carbocycles. The van der Waals surface area contributed by atoms with Crippen molar-refractivity contribution in [3.8, 4) is 0 Å². The Bertz CT molecular complexity index is 318. The first kappa shape index (κ1) is 12.4. The first-order valence-electron chi connectivity index (χ1n) is 6.29. The van der Waals surface area contributed by atoms with Gasteiger partial charge in [-0.15, -0.1) is 0 Å². The highest BCUT2D eigenvalue weighted by Gasteiger charge is 2.40. The fourth-order valence-electron chi connectivity index (χ4n) is 2.94. The number of piperidine rings is 1. The number of nitrogens with zero attached hydrogens (tertiary/aromatic N) is 1. The minimum atomic E-state index is -0.863. The minimum Gasteiger partial charge on any atom is -0.481 e. The summed E-state index contributed by atoms with van der Waals surface area (Å²) in [4.78, 5) is 24.9. The van der Waals surface area contributed by atoms with Crippen molar-refractivity contribution in [3.05, 3.63) is 0 Å². The summed E-state index contributed by atoms with van der Waals surface area (Å²) < 4.78 is 0. The van der Waals surface area contributed by atoms with Gasteiger partial charge < -0.3 is 15.1 Å². The first-order chi connectivity index (χ1) is 8.09. The summed E-state index contributed by atoms with van der Waals surface area (Å²) in [6, 6.07) is 0. The van der Waals surface area contributed by atoms with Gasteiger partial charge >= 0.3 is 5.97 Å². The fourth-order valence-corrected chi connectivity index (χ4v) is 2.94. The number of β-amino-alcohol motifs (C(OH)–C–C–N with tert-alkyl or cyclic N) is 1. The van der Waals surface area contributed by atoms with Gasteiger partial charge in [0.25, 0.3) is 0 Å². The van der Waals surface area contributed by atoms with Crippen molar-refractivity contribution in [2.24, 2.45) is 11.8 Å². The van der Waals surface area contributed by atoms with Crippen LogP contribution in [0.2, 0.25) is 0 Å². The van der Waals surface area contributed by atoms with Gasteiger partial charge in [0.2, 0.25) is 5.91 Å². The number of carbonyl (C=O) groups is 2. The third-order valence-electron chi connectivity index (χ3n) is 3.86. The van der Waals surface area contributed by atoms with Gasteiger partial charge in [-0.25, -0.2) is 0 Å². The second-order valence-electron chi connectivity index (χ2n) is 5.06. The van der Waals surface area contributed by atoms with Gasteiger partial charge in [-0.2, -0.15) is 0 Å². The molecule has 2 N–H and O–H groups in total. The normalized spacial score (nSPS) is 33.7. The molecular weight excluding hydrogens is 222 g/mol. The molecule has 2 fully saturated rings. The summed E-state index contributed by atoms with van der Waals surface area (Å²) in [5.74, 6) is -1.84. The van der Waals surface area contributed by atoms with Gasteiger partial charge in [-0.3, -0.25) is 9.59 Å². The van der Waals surface area contributed by atoms with Crippen LogP contribution in [0.5, 0.6) is 0 Å². The lowest BCUT2D eigenvalue weighted by Gasteiger charge is -2.32. The maximum atomic E-state index is 12.2. The van der Waals surface area contributed by atoms with Crippen molar-refractivity contribution >= 4 is 11.9 Å². The highest BCUT2D eigenvalue weighted by atomic mass is 16.4. The van der Waals surface area contributed by atoms with Crippen LogP contribution >= 0.6 is 0 Å². The van der Waals surface area contributed by atoms with Crippen LogP contribution in [0, 0.1) is 11.8 Å². The zero-order valence-electron chi connectivity index (χ0n) is 9.84. The van der Waals surface area contributed by atoms with E-state index in [1.807, 2.05) is 0 Å². The third kappa shape index (κ3) is 2.60. The lowest BCUT2D eigenvalue weighted by atomic mass is 9.93. The van der Waals surface area contributed by atoms with Crippen molar-refractivity contribution in [3.63, 3.8) is 0 Å². The van der Waals surface area contributed by atoms with Gasteiger partial charge in [0.1, 0.15) is 0 Å². The highest BCUT2D eigenvalue weighted by Crippen LogP contribution is 2.33. The van der Waals surface area contributed by atoms with E-state index in [2.05, 4.69) is 0 Å². The third-order valence-corrected chi connectivity index (χ3v) is 3.86. The maximum absolute atomic E-state index is 12.2.